The van der Waals surface area contributed by atoms with Crippen molar-refractivity contribution >= 4 is 5.91 Å². The van der Waals surface area contributed by atoms with E-state index in [9.17, 15) is 4.79 Å². The Labute approximate surface area is 97.3 Å². The van der Waals surface area contributed by atoms with Crippen LogP contribution in [0.4, 0.5) is 0 Å². The van der Waals surface area contributed by atoms with Crippen LogP contribution in [0.25, 0.3) is 11.5 Å². The van der Waals surface area contributed by atoms with E-state index < -0.39 is 0 Å². The molecule has 7 nitrogen and oxygen atoms in total. The smallest absolute Gasteiger partial charge is 0.227 e. The van der Waals surface area contributed by atoms with E-state index in [1.807, 2.05) is 0 Å². The van der Waals surface area contributed by atoms with Crippen LogP contribution in [0.3, 0.4) is 0 Å². The van der Waals surface area contributed by atoms with Gasteiger partial charge in [0, 0.05) is 32.3 Å². The Hall–Kier alpha value is -2.31. The summed E-state index contributed by atoms with van der Waals surface area (Å²) in [5, 5.41) is 6.29. The zero-order chi connectivity index (χ0) is 12.1. The molecule has 17 heavy (non-hydrogen) atoms. The van der Waals surface area contributed by atoms with Crippen molar-refractivity contribution in [1.82, 2.24) is 25.4 Å². The number of hydrogen-bond donors (Lipinski definition) is 1. The fourth-order valence-electron chi connectivity index (χ4n) is 1.22. The van der Waals surface area contributed by atoms with E-state index in [0.29, 0.717) is 30.3 Å². The zero-order valence-electron chi connectivity index (χ0n) is 9.25. The van der Waals surface area contributed by atoms with Crippen molar-refractivity contribution in [1.29, 1.82) is 0 Å². The molecule has 2 aromatic rings. The predicted molar refractivity (Wildman–Crippen MR) is 57.7 cm³/mol. The van der Waals surface area contributed by atoms with Gasteiger partial charge < -0.3 is 9.84 Å². The van der Waals surface area contributed by atoms with E-state index in [-0.39, 0.29) is 5.91 Å². The van der Waals surface area contributed by atoms with E-state index in [0.717, 1.165) is 0 Å². The van der Waals surface area contributed by atoms with Crippen LogP contribution in [-0.2, 0) is 11.2 Å². The molecule has 1 amide bonds. The summed E-state index contributed by atoms with van der Waals surface area (Å²) in [6.07, 6.45) is 5.39. The SMILES string of the molecule is CNC(=O)CCc1nc(-c2cnccn2)no1. The third-order valence-electron chi connectivity index (χ3n) is 2.11. The topological polar surface area (TPSA) is 93.8 Å². The van der Waals surface area contributed by atoms with Gasteiger partial charge in [-0.3, -0.25) is 9.78 Å². The quantitative estimate of drug-likeness (QED) is 0.811. The molecule has 0 unspecified atom stereocenters. The minimum absolute atomic E-state index is 0.0655. The lowest BCUT2D eigenvalue weighted by Crippen LogP contribution is -2.17. The molecule has 7 heteroatoms. The molecule has 0 aliphatic rings. The summed E-state index contributed by atoms with van der Waals surface area (Å²) in [6, 6.07) is 0. The summed E-state index contributed by atoms with van der Waals surface area (Å²) in [6.45, 7) is 0. The summed E-state index contributed by atoms with van der Waals surface area (Å²) in [5.74, 6) is 0.725. The Morgan fingerprint density at radius 3 is 3.06 bits per heavy atom. The molecule has 0 aliphatic carbocycles. The molecular formula is C10H11N5O2. The highest BCUT2D eigenvalue weighted by Gasteiger charge is 2.10. The molecule has 0 fully saturated rings. The summed E-state index contributed by atoms with van der Waals surface area (Å²) < 4.78 is 5.01. The minimum Gasteiger partial charge on any atom is -0.359 e. The average molecular weight is 233 g/mol. The van der Waals surface area contributed by atoms with Gasteiger partial charge in [0.1, 0.15) is 5.69 Å². The number of rotatable bonds is 4. The number of aromatic nitrogens is 4. The van der Waals surface area contributed by atoms with E-state index in [2.05, 4.69) is 25.4 Å². The lowest BCUT2D eigenvalue weighted by Gasteiger charge is -1.94. The summed E-state index contributed by atoms with van der Waals surface area (Å²) in [4.78, 5) is 23.1. The van der Waals surface area contributed by atoms with Gasteiger partial charge in [-0.25, -0.2) is 4.98 Å². The number of carbonyl (C=O) groups is 1. The molecule has 0 radical (unpaired) electrons. The first kappa shape index (κ1) is 11.2. The highest BCUT2D eigenvalue weighted by Crippen LogP contribution is 2.11. The number of hydrogen-bond acceptors (Lipinski definition) is 6. The van der Waals surface area contributed by atoms with E-state index in [1.54, 1.807) is 25.6 Å². The number of nitrogens with zero attached hydrogens (tertiary/aromatic N) is 4. The predicted octanol–water partition coefficient (Wildman–Crippen LogP) is 0.205. The molecule has 0 aliphatic heterocycles. The van der Waals surface area contributed by atoms with Crippen LogP contribution < -0.4 is 5.32 Å². The number of nitrogens with one attached hydrogen (secondary N) is 1. The normalized spacial score (nSPS) is 10.2. The van der Waals surface area contributed by atoms with Crippen molar-refractivity contribution in [2.24, 2.45) is 0 Å². The van der Waals surface area contributed by atoms with Crippen LogP contribution in [0, 0.1) is 0 Å². The molecule has 2 heterocycles. The Kier molecular flexibility index (Phi) is 3.39. The van der Waals surface area contributed by atoms with Crippen LogP contribution in [0.2, 0.25) is 0 Å². The van der Waals surface area contributed by atoms with Gasteiger partial charge in [-0.1, -0.05) is 5.16 Å². The Morgan fingerprint density at radius 1 is 1.47 bits per heavy atom. The molecule has 2 rings (SSSR count). The second-order valence-corrected chi connectivity index (χ2v) is 3.28. The molecule has 0 bridgehead atoms. The van der Waals surface area contributed by atoms with E-state index in [1.165, 1.54) is 0 Å². The van der Waals surface area contributed by atoms with Gasteiger partial charge in [-0.05, 0) is 0 Å². The largest absolute Gasteiger partial charge is 0.359 e. The Balaban J connectivity index is 2.04. The van der Waals surface area contributed by atoms with Crippen molar-refractivity contribution in [2.45, 2.75) is 12.8 Å². The van der Waals surface area contributed by atoms with Gasteiger partial charge in [0.15, 0.2) is 0 Å². The molecule has 2 aromatic heterocycles. The number of aryl methyl sites for hydroxylation is 1. The molecule has 1 N–H and O–H groups in total. The second kappa shape index (κ2) is 5.15. The standard InChI is InChI=1S/C10H11N5O2/c1-11-8(16)2-3-9-14-10(15-17-9)7-6-12-4-5-13-7/h4-6H,2-3H2,1H3,(H,11,16). The molecule has 0 aromatic carbocycles. The van der Waals surface area contributed by atoms with Gasteiger partial charge in [0.25, 0.3) is 0 Å². The van der Waals surface area contributed by atoms with Gasteiger partial charge in [-0.2, -0.15) is 4.98 Å². The average Bonchev–Trinajstić information content (AvgIpc) is 2.86. The Morgan fingerprint density at radius 2 is 2.35 bits per heavy atom. The van der Waals surface area contributed by atoms with Gasteiger partial charge in [0.05, 0.1) is 6.20 Å². The second-order valence-electron chi connectivity index (χ2n) is 3.28. The lowest BCUT2D eigenvalue weighted by atomic mass is 10.3. The number of amides is 1. The molecular weight excluding hydrogens is 222 g/mol. The van der Waals surface area contributed by atoms with Crippen LogP contribution >= 0.6 is 0 Å². The molecule has 0 saturated heterocycles. The lowest BCUT2D eigenvalue weighted by molar-refractivity contribution is -0.120. The van der Waals surface area contributed by atoms with Crippen molar-refractivity contribution in [3.8, 4) is 11.5 Å². The summed E-state index contributed by atoms with van der Waals surface area (Å²) >= 11 is 0. The molecule has 88 valence electrons. The van der Waals surface area contributed by atoms with Gasteiger partial charge in [0.2, 0.25) is 17.6 Å². The van der Waals surface area contributed by atoms with Crippen molar-refractivity contribution in [3.63, 3.8) is 0 Å². The third-order valence-corrected chi connectivity index (χ3v) is 2.11. The monoisotopic (exact) mass is 233 g/mol. The minimum atomic E-state index is -0.0655. The van der Waals surface area contributed by atoms with E-state index in [4.69, 9.17) is 4.52 Å². The number of carbonyl (C=O) groups excluding carboxylic acids is 1. The van der Waals surface area contributed by atoms with Gasteiger partial charge in [-0.15, -0.1) is 0 Å². The van der Waals surface area contributed by atoms with Crippen LogP contribution in [0.15, 0.2) is 23.1 Å². The first-order chi connectivity index (χ1) is 8.29. The van der Waals surface area contributed by atoms with Crippen LogP contribution in [0.5, 0.6) is 0 Å². The van der Waals surface area contributed by atoms with E-state index >= 15 is 0 Å². The molecule has 0 saturated carbocycles. The summed E-state index contributed by atoms with van der Waals surface area (Å²) in [7, 11) is 1.58. The van der Waals surface area contributed by atoms with Crippen LogP contribution in [-0.4, -0.2) is 33.1 Å². The maximum absolute atomic E-state index is 11.0. The Bertz CT molecular complexity index is 496. The highest BCUT2D eigenvalue weighted by molar-refractivity contribution is 5.75. The summed E-state index contributed by atoms with van der Waals surface area (Å²) in [5.41, 5.74) is 0.544. The third kappa shape index (κ3) is 2.83. The van der Waals surface area contributed by atoms with Gasteiger partial charge >= 0.3 is 0 Å². The fraction of sp³-hybridized carbons (Fsp3) is 0.300. The highest BCUT2D eigenvalue weighted by atomic mass is 16.5. The first-order valence-electron chi connectivity index (χ1n) is 5.09. The van der Waals surface area contributed by atoms with Crippen molar-refractivity contribution < 1.29 is 9.32 Å². The van der Waals surface area contributed by atoms with Crippen molar-refractivity contribution in [2.75, 3.05) is 7.05 Å². The fourth-order valence-corrected chi connectivity index (χ4v) is 1.22. The maximum atomic E-state index is 11.0. The zero-order valence-corrected chi connectivity index (χ0v) is 9.25. The maximum Gasteiger partial charge on any atom is 0.227 e. The first-order valence-corrected chi connectivity index (χ1v) is 5.09. The molecule has 0 atom stereocenters. The molecule has 0 spiro atoms. The van der Waals surface area contributed by atoms with Crippen molar-refractivity contribution in [3.05, 3.63) is 24.5 Å². The van der Waals surface area contributed by atoms with Crippen LogP contribution in [0.1, 0.15) is 12.3 Å².